The van der Waals surface area contributed by atoms with Crippen molar-refractivity contribution in [2.24, 2.45) is 4.99 Å². The van der Waals surface area contributed by atoms with Gasteiger partial charge in [0.05, 0.1) is 10.2 Å². The van der Waals surface area contributed by atoms with E-state index in [2.05, 4.69) is 42.9 Å². The number of fused-ring (bicyclic) bond motifs is 2. The van der Waals surface area contributed by atoms with E-state index in [0.29, 0.717) is 0 Å². The first kappa shape index (κ1) is 16.1. The number of aliphatic imine (C=N–C) groups is 1. The molecule has 126 valence electrons. The third kappa shape index (κ3) is 2.56. The molecule has 0 radical (unpaired) electrons. The van der Waals surface area contributed by atoms with Crippen LogP contribution in [0.4, 0.5) is 5.69 Å². The lowest BCUT2D eigenvalue weighted by Gasteiger charge is -2.38. The third-order valence-corrected chi connectivity index (χ3v) is 7.23. The van der Waals surface area contributed by atoms with Crippen LogP contribution in [0, 0.1) is 0 Å². The molecule has 0 unspecified atom stereocenters. The van der Waals surface area contributed by atoms with E-state index >= 15 is 0 Å². The smallest absolute Gasteiger partial charge is 0.155 e. The van der Waals surface area contributed by atoms with Crippen LogP contribution in [0.3, 0.4) is 0 Å². The highest BCUT2D eigenvalue weighted by Crippen LogP contribution is 2.42. The van der Waals surface area contributed by atoms with Gasteiger partial charge in [0.1, 0.15) is 16.1 Å². The molecule has 1 aromatic carbocycles. The average molecular weight is 360 g/mol. The van der Waals surface area contributed by atoms with Crippen molar-refractivity contribution in [3.05, 3.63) is 22.7 Å². The van der Waals surface area contributed by atoms with Crippen LogP contribution in [0.5, 0.6) is 0 Å². The number of thiazole rings is 1. The first-order chi connectivity index (χ1) is 11.3. The maximum atomic E-state index is 11.5. The van der Waals surface area contributed by atoms with Crippen molar-refractivity contribution in [2.45, 2.75) is 38.6 Å². The summed E-state index contributed by atoms with van der Waals surface area (Å²) in [7, 11) is 2.16. The zero-order valence-corrected chi connectivity index (χ0v) is 16.1. The fourth-order valence-corrected chi connectivity index (χ4v) is 5.48. The lowest BCUT2D eigenvalue weighted by molar-refractivity contribution is -0.117. The normalized spacial score (nSPS) is 22.6. The molecule has 0 saturated carbocycles. The molecule has 3 heterocycles. The van der Waals surface area contributed by atoms with Crippen LogP contribution in [0.15, 0.2) is 17.1 Å². The van der Waals surface area contributed by atoms with Gasteiger partial charge in [0.2, 0.25) is 0 Å². The first-order valence-electron chi connectivity index (χ1n) is 8.23. The Kier molecular flexibility index (Phi) is 3.73. The summed E-state index contributed by atoms with van der Waals surface area (Å²) in [6.07, 6.45) is 1.15. The van der Waals surface area contributed by atoms with Gasteiger partial charge in [-0.05, 0) is 36.5 Å². The SMILES string of the molecule is CC(=O)[C@H]1CSC(c2nc3cc4c(cc3s2)N(C)CCC4(C)C)=N1. The number of hydrogen-bond acceptors (Lipinski definition) is 6. The predicted molar refractivity (Wildman–Crippen MR) is 104 cm³/mol. The number of ketones is 1. The molecule has 0 saturated heterocycles. The zero-order chi connectivity index (χ0) is 17.1. The van der Waals surface area contributed by atoms with Gasteiger partial charge in [-0.2, -0.15) is 0 Å². The highest BCUT2D eigenvalue weighted by atomic mass is 32.2. The Morgan fingerprint density at radius 1 is 1.38 bits per heavy atom. The van der Waals surface area contributed by atoms with Gasteiger partial charge in [0.25, 0.3) is 0 Å². The van der Waals surface area contributed by atoms with Gasteiger partial charge in [-0.15, -0.1) is 23.1 Å². The molecule has 0 fully saturated rings. The Morgan fingerprint density at radius 3 is 2.88 bits per heavy atom. The Morgan fingerprint density at radius 2 is 2.17 bits per heavy atom. The molecule has 0 spiro atoms. The van der Waals surface area contributed by atoms with Crippen molar-refractivity contribution in [1.82, 2.24) is 4.98 Å². The second kappa shape index (κ2) is 5.56. The summed E-state index contributed by atoms with van der Waals surface area (Å²) < 4.78 is 1.20. The summed E-state index contributed by atoms with van der Waals surface area (Å²) in [6, 6.07) is 4.33. The second-order valence-electron chi connectivity index (χ2n) is 7.28. The summed E-state index contributed by atoms with van der Waals surface area (Å²) in [6.45, 7) is 7.32. The van der Waals surface area contributed by atoms with Crippen LogP contribution in [0.2, 0.25) is 0 Å². The molecule has 0 aliphatic carbocycles. The van der Waals surface area contributed by atoms with Crippen molar-refractivity contribution in [2.75, 3.05) is 24.2 Å². The van der Waals surface area contributed by atoms with Crippen LogP contribution in [0.1, 0.15) is 37.8 Å². The number of nitrogens with zero attached hydrogens (tertiary/aromatic N) is 3. The van der Waals surface area contributed by atoms with Gasteiger partial charge in [0.15, 0.2) is 5.78 Å². The number of benzene rings is 1. The first-order valence-corrected chi connectivity index (χ1v) is 10.0. The standard InChI is InChI=1S/C18H21N3OS2/c1-10(22)13-9-23-16(20-13)17-19-12-7-11-14(8-15(12)24-17)21(4)6-5-18(11,2)3/h7-8,13H,5-6,9H2,1-4H3/t13-/m1/s1. The Labute approximate surface area is 150 Å². The fourth-order valence-electron chi connectivity index (χ4n) is 3.31. The largest absolute Gasteiger partial charge is 0.374 e. The summed E-state index contributed by atoms with van der Waals surface area (Å²) in [4.78, 5) is 23.3. The molecule has 0 amide bonds. The fraction of sp³-hybridized carbons (Fsp3) is 0.500. The molecule has 1 aromatic heterocycles. The van der Waals surface area contributed by atoms with Crippen LogP contribution >= 0.6 is 23.1 Å². The second-order valence-corrected chi connectivity index (χ2v) is 9.32. The Bertz CT molecular complexity index is 869. The van der Waals surface area contributed by atoms with E-state index in [9.17, 15) is 4.79 Å². The van der Waals surface area contributed by atoms with Crippen LogP contribution < -0.4 is 4.90 Å². The van der Waals surface area contributed by atoms with Crippen molar-refractivity contribution in [1.29, 1.82) is 0 Å². The molecule has 2 aliphatic rings. The van der Waals surface area contributed by atoms with E-state index in [4.69, 9.17) is 4.98 Å². The van der Waals surface area contributed by atoms with Crippen molar-refractivity contribution in [3.63, 3.8) is 0 Å². The highest BCUT2D eigenvalue weighted by molar-refractivity contribution is 8.15. The van der Waals surface area contributed by atoms with E-state index in [1.807, 2.05) is 0 Å². The molecule has 0 bridgehead atoms. The maximum absolute atomic E-state index is 11.5. The zero-order valence-electron chi connectivity index (χ0n) is 14.4. The monoisotopic (exact) mass is 359 g/mol. The van der Waals surface area contributed by atoms with E-state index < -0.39 is 0 Å². The molecular formula is C18H21N3OS2. The van der Waals surface area contributed by atoms with Gasteiger partial charge in [0, 0.05) is 25.0 Å². The van der Waals surface area contributed by atoms with Gasteiger partial charge in [-0.1, -0.05) is 13.8 Å². The number of rotatable bonds is 2. The van der Waals surface area contributed by atoms with Gasteiger partial charge < -0.3 is 4.90 Å². The van der Waals surface area contributed by atoms with Crippen molar-refractivity contribution >= 4 is 49.8 Å². The minimum absolute atomic E-state index is 0.137. The van der Waals surface area contributed by atoms with E-state index in [1.165, 1.54) is 16.0 Å². The third-order valence-electron chi connectivity index (χ3n) is 5.02. The molecule has 2 aliphatic heterocycles. The lowest BCUT2D eigenvalue weighted by Crippen LogP contribution is -2.34. The quantitative estimate of drug-likeness (QED) is 0.817. The van der Waals surface area contributed by atoms with E-state index in [0.717, 1.165) is 34.3 Å². The van der Waals surface area contributed by atoms with Gasteiger partial charge >= 0.3 is 0 Å². The van der Waals surface area contributed by atoms with Crippen LogP contribution in [-0.4, -0.2) is 41.2 Å². The molecule has 2 aromatic rings. The van der Waals surface area contributed by atoms with Gasteiger partial charge in [-0.25, -0.2) is 4.98 Å². The average Bonchev–Trinajstić information content (AvgIpc) is 3.16. The highest BCUT2D eigenvalue weighted by Gasteiger charge is 2.31. The summed E-state index contributed by atoms with van der Waals surface area (Å²) in [5.74, 6) is 0.879. The number of carbonyl (C=O) groups excluding carboxylic acids is 1. The number of aromatic nitrogens is 1. The van der Waals surface area contributed by atoms with E-state index in [1.54, 1.807) is 30.0 Å². The lowest BCUT2D eigenvalue weighted by atomic mass is 9.78. The molecular weight excluding hydrogens is 338 g/mol. The minimum Gasteiger partial charge on any atom is -0.374 e. The van der Waals surface area contributed by atoms with Crippen LogP contribution in [0.25, 0.3) is 10.2 Å². The summed E-state index contributed by atoms with van der Waals surface area (Å²) in [5.41, 5.74) is 3.92. The van der Waals surface area contributed by atoms with E-state index in [-0.39, 0.29) is 17.2 Å². The number of carbonyl (C=O) groups is 1. The number of Topliss-reactive ketones (excluding diaryl/α,β-unsaturated/α-hetero) is 1. The predicted octanol–water partition coefficient (Wildman–Crippen LogP) is 3.86. The van der Waals surface area contributed by atoms with Crippen molar-refractivity contribution < 1.29 is 4.79 Å². The molecule has 4 nitrogen and oxygen atoms in total. The number of thioether (sulfide) groups is 1. The van der Waals surface area contributed by atoms with Crippen LogP contribution in [-0.2, 0) is 10.2 Å². The topological polar surface area (TPSA) is 45.6 Å². The molecule has 6 heteroatoms. The maximum Gasteiger partial charge on any atom is 0.155 e. The minimum atomic E-state index is -0.199. The molecule has 24 heavy (non-hydrogen) atoms. The molecule has 4 rings (SSSR count). The number of hydrogen-bond donors (Lipinski definition) is 0. The molecule has 1 atom stereocenters. The Balaban J connectivity index is 1.80. The molecule has 0 N–H and O–H groups in total. The summed E-state index contributed by atoms with van der Waals surface area (Å²) >= 11 is 3.33. The van der Waals surface area contributed by atoms with Gasteiger partial charge in [-0.3, -0.25) is 9.79 Å². The Hall–Kier alpha value is -1.40. The number of anilines is 1. The summed E-state index contributed by atoms with van der Waals surface area (Å²) in [5, 5.41) is 1.86. The van der Waals surface area contributed by atoms with Crippen molar-refractivity contribution in [3.8, 4) is 0 Å².